The Hall–Kier alpha value is -1.83. The Morgan fingerprint density at radius 2 is 1.69 bits per heavy atom. The fourth-order valence-corrected chi connectivity index (χ4v) is 4.06. The van der Waals surface area contributed by atoms with Gasteiger partial charge in [-0.3, -0.25) is 9.59 Å². The van der Waals surface area contributed by atoms with Crippen molar-refractivity contribution in [2.45, 2.75) is 112 Å². The van der Waals surface area contributed by atoms with E-state index in [4.69, 9.17) is 23.7 Å². The first-order chi connectivity index (χ1) is 16.1. The van der Waals surface area contributed by atoms with E-state index in [2.05, 4.69) is 0 Å². The minimum atomic E-state index is -0.685. The van der Waals surface area contributed by atoms with E-state index in [1.54, 1.807) is 0 Å². The lowest BCUT2D eigenvalue weighted by Gasteiger charge is -2.32. The predicted octanol–water partition coefficient (Wildman–Crippen LogP) is 5.70. The SMILES string of the molecule is CCCC(C(=O)OCCC1COC(=O)O1)C(C)CC(C(=O)OC(C)(C)CCOC(C)(C)C)C(C)C. The molecule has 4 atom stereocenters. The molecule has 0 bridgehead atoms. The average Bonchev–Trinajstić information content (AvgIpc) is 3.12. The maximum Gasteiger partial charge on any atom is 0.508 e. The molecular formula is C27H48O8. The number of carbonyl (C=O) groups excluding carboxylic acids is 3. The van der Waals surface area contributed by atoms with Gasteiger partial charge >= 0.3 is 18.1 Å². The standard InChI is InChI=1S/C27H48O8/c1-10-11-21(23(28)31-14-12-20-17-32-25(30)34-20)19(4)16-22(18(2)3)24(29)35-27(8,9)13-15-33-26(5,6)7/h18-22H,10-17H2,1-9H3. The zero-order valence-electron chi connectivity index (χ0n) is 23.3. The van der Waals surface area contributed by atoms with Gasteiger partial charge in [-0.2, -0.15) is 0 Å². The first kappa shape index (κ1) is 31.2. The van der Waals surface area contributed by atoms with Crippen LogP contribution in [0.2, 0.25) is 0 Å². The summed E-state index contributed by atoms with van der Waals surface area (Å²) < 4.78 is 27.0. The summed E-state index contributed by atoms with van der Waals surface area (Å²) in [6, 6.07) is 0. The van der Waals surface area contributed by atoms with Crippen LogP contribution in [0.3, 0.4) is 0 Å². The number of ether oxygens (including phenoxy) is 5. The lowest BCUT2D eigenvalue weighted by atomic mass is 9.79. The van der Waals surface area contributed by atoms with Crippen LogP contribution in [0.4, 0.5) is 4.79 Å². The van der Waals surface area contributed by atoms with Crippen molar-refractivity contribution in [3.63, 3.8) is 0 Å². The number of rotatable bonds is 15. The molecule has 0 aromatic heterocycles. The highest BCUT2D eigenvalue weighted by Crippen LogP contribution is 2.31. The maximum atomic E-state index is 13.2. The highest BCUT2D eigenvalue weighted by atomic mass is 16.8. The zero-order valence-corrected chi connectivity index (χ0v) is 23.3. The van der Waals surface area contributed by atoms with Gasteiger partial charge in [0.2, 0.25) is 0 Å². The Bertz CT molecular complexity index is 679. The van der Waals surface area contributed by atoms with Gasteiger partial charge < -0.3 is 23.7 Å². The Labute approximate surface area is 211 Å². The number of hydrogen-bond acceptors (Lipinski definition) is 8. The first-order valence-electron chi connectivity index (χ1n) is 13.0. The van der Waals surface area contributed by atoms with Crippen LogP contribution >= 0.6 is 0 Å². The number of hydrogen-bond donors (Lipinski definition) is 0. The molecule has 1 aliphatic rings. The third-order valence-electron chi connectivity index (χ3n) is 6.27. The van der Waals surface area contributed by atoms with Gasteiger partial charge in [-0.25, -0.2) is 4.79 Å². The van der Waals surface area contributed by atoms with Crippen LogP contribution in [0.15, 0.2) is 0 Å². The average molecular weight is 501 g/mol. The van der Waals surface area contributed by atoms with Crippen LogP contribution in [0.1, 0.15) is 94.4 Å². The second kappa shape index (κ2) is 14.0. The summed E-state index contributed by atoms with van der Waals surface area (Å²) in [5.41, 5.74) is -0.887. The third-order valence-corrected chi connectivity index (χ3v) is 6.27. The largest absolute Gasteiger partial charge is 0.508 e. The van der Waals surface area contributed by atoms with Crippen molar-refractivity contribution in [2.75, 3.05) is 19.8 Å². The molecule has 8 heteroatoms. The molecule has 1 fully saturated rings. The monoisotopic (exact) mass is 500 g/mol. The minimum absolute atomic E-state index is 0.0534. The van der Waals surface area contributed by atoms with Crippen molar-refractivity contribution in [2.24, 2.45) is 23.7 Å². The maximum absolute atomic E-state index is 13.2. The van der Waals surface area contributed by atoms with Crippen LogP contribution < -0.4 is 0 Å². The normalized spacial score (nSPS) is 19.0. The van der Waals surface area contributed by atoms with Crippen molar-refractivity contribution < 1.29 is 38.1 Å². The van der Waals surface area contributed by atoms with Gasteiger partial charge in [-0.05, 0) is 59.3 Å². The lowest BCUT2D eigenvalue weighted by molar-refractivity contribution is -0.167. The summed E-state index contributed by atoms with van der Waals surface area (Å²) in [6.45, 7) is 18.7. The Morgan fingerprint density at radius 1 is 1.03 bits per heavy atom. The summed E-state index contributed by atoms with van der Waals surface area (Å²) in [5.74, 6) is -1.14. The van der Waals surface area contributed by atoms with Crippen molar-refractivity contribution in [3.8, 4) is 0 Å². The van der Waals surface area contributed by atoms with E-state index in [1.165, 1.54) is 0 Å². The summed E-state index contributed by atoms with van der Waals surface area (Å²) in [4.78, 5) is 37.1. The molecule has 0 N–H and O–H groups in total. The second-order valence-electron chi connectivity index (χ2n) is 11.6. The summed E-state index contributed by atoms with van der Waals surface area (Å²) in [6.07, 6.45) is 1.98. The van der Waals surface area contributed by atoms with E-state index in [-0.39, 0.29) is 60.5 Å². The zero-order chi connectivity index (χ0) is 26.8. The van der Waals surface area contributed by atoms with E-state index in [1.807, 2.05) is 62.3 Å². The van der Waals surface area contributed by atoms with Gasteiger partial charge in [-0.15, -0.1) is 0 Å². The Morgan fingerprint density at radius 3 is 2.20 bits per heavy atom. The molecule has 204 valence electrons. The third kappa shape index (κ3) is 12.1. The van der Waals surface area contributed by atoms with Crippen molar-refractivity contribution in [1.29, 1.82) is 0 Å². The van der Waals surface area contributed by atoms with Gasteiger partial charge in [0.25, 0.3) is 0 Å². The van der Waals surface area contributed by atoms with Gasteiger partial charge in [0.1, 0.15) is 18.3 Å². The Kier molecular flexibility index (Phi) is 12.5. The van der Waals surface area contributed by atoms with E-state index in [0.29, 0.717) is 32.3 Å². The molecule has 8 nitrogen and oxygen atoms in total. The molecule has 1 heterocycles. The summed E-state index contributed by atoms with van der Waals surface area (Å²) >= 11 is 0. The van der Waals surface area contributed by atoms with E-state index in [0.717, 1.165) is 6.42 Å². The quantitative estimate of drug-likeness (QED) is 0.209. The smallest absolute Gasteiger partial charge is 0.465 e. The molecule has 1 rings (SSSR count). The molecule has 0 spiro atoms. The predicted molar refractivity (Wildman–Crippen MR) is 133 cm³/mol. The fraction of sp³-hybridized carbons (Fsp3) is 0.889. The van der Waals surface area contributed by atoms with Gasteiger partial charge in [0, 0.05) is 12.8 Å². The fourth-order valence-electron chi connectivity index (χ4n) is 4.06. The van der Waals surface area contributed by atoms with Crippen LogP contribution in [-0.2, 0) is 33.3 Å². The topological polar surface area (TPSA) is 97.4 Å². The van der Waals surface area contributed by atoms with Gasteiger partial charge in [-0.1, -0.05) is 34.1 Å². The van der Waals surface area contributed by atoms with Crippen LogP contribution in [0.5, 0.6) is 0 Å². The van der Waals surface area contributed by atoms with Crippen molar-refractivity contribution in [3.05, 3.63) is 0 Å². The summed E-state index contributed by atoms with van der Waals surface area (Å²) in [7, 11) is 0. The first-order valence-corrected chi connectivity index (χ1v) is 13.0. The molecule has 0 aliphatic carbocycles. The van der Waals surface area contributed by atoms with Crippen LogP contribution in [-0.4, -0.2) is 55.2 Å². The number of carbonyl (C=O) groups is 3. The van der Waals surface area contributed by atoms with Crippen molar-refractivity contribution >= 4 is 18.1 Å². The molecule has 0 aromatic carbocycles. The molecule has 1 aliphatic heterocycles. The molecule has 1 saturated heterocycles. The van der Waals surface area contributed by atoms with E-state index in [9.17, 15) is 14.4 Å². The summed E-state index contributed by atoms with van der Waals surface area (Å²) in [5, 5.41) is 0. The van der Waals surface area contributed by atoms with Crippen LogP contribution in [0, 0.1) is 23.7 Å². The second-order valence-corrected chi connectivity index (χ2v) is 11.6. The molecular weight excluding hydrogens is 452 g/mol. The number of cyclic esters (lactones) is 2. The van der Waals surface area contributed by atoms with E-state index >= 15 is 0 Å². The lowest BCUT2D eigenvalue weighted by Crippen LogP contribution is -2.37. The van der Waals surface area contributed by atoms with Gasteiger partial charge in [0.15, 0.2) is 0 Å². The van der Waals surface area contributed by atoms with Crippen molar-refractivity contribution in [1.82, 2.24) is 0 Å². The number of esters is 2. The highest BCUT2D eigenvalue weighted by molar-refractivity contribution is 5.74. The Balaban J connectivity index is 2.68. The highest BCUT2D eigenvalue weighted by Gasteiger charge is 2.35. The molecule has 4 unspecified atom stereocenters. The molecule has 0 aromatic rings. The molecule has 0 saturated carbocycles. The molecule has 35 heavy (non-hydrogen) atoms. The minimum Gasteiger partial charge on any atom is -0.465 e. The van der Waals surface area contributed by atoms with Gasteiger partial charge in [0.05, 0.1) is 30.7 Å². The van der Waals surface area contributed by atoms with E-state index < -0.39 is 11.8 Å². The molecule has 0 amide bonds. The van der Waals surface area contributed by atoms with Crippen LogP contribution in [0.25, 0.3) is 0 Å². The molecule has 0 radical (unpaired) electrons.